The Balaban J connectivity index is 1.55. The first-order valence-corrected chi connectivity index (χ1v) is 13.5. The molecule has 0 atom stereocenters. The van der Waals surface area contributed by atoms with Crippen molar-refractivity contribution in [3.63, 3.8) is 0 Å². The number of nitrogens with one attached hydrogen (secondary N) is 2. The van der Waals surface area contributed by atoms with Crippen LogP contribution in [-0.4, -0.2) is 68.8 Å². The number of carbonyl (C=O) groups excluding carboxylic acids is 2. The normalized spacial score (nSPS) is 16.3. The summed E-state index contributed by atoms with van der Waals surface area (Å²) in [6.07, 6.45) is 2.97. The van der Waals surface area contributed by atoms with Crippen molar-refractivity contribution in [3.05, 3.63) is 53.1 Å². The van der Waals surface area contributed by atoms with Crippen LogP contribution in [0, 0.1) is 12.3 Å². The molecule has 0 radical (unpaired) electrons. The summed E-state index contributed by atoms with van der Waals surface area (Å²) in [5, 5.41) is 6.10. The molecular formula is C30H41N3O4. The summed E-state index contributed by atoms with van der Waals surface area (Å²) in [5.74, 6) is 0.497. The predicted octanol–water partition coefficient (Wildman–Crippen LogP) is 4.43. The van der Waals surface area contributed by atoms with Crippen molar-refractivity contribution < 1.29 is 19.1 Å². The maximum atomic E-state index is 12.9. The van der Waals surface area contributed by atoms with Crippen molar-refractivity contribution in [3.8, 4) is 16.9 Å². The zero-order valence-corrected chi connectivity index (χ0v) is 22.7. The first-order chi connectivity index (χ1) is 17.7. The smallest absolute Gasteiger partial charge is 0.251 e. The second kappa shape index (κ2) is 12.1. The molecule has 4 rings (SSSR count). The molecule has 0 spiro atoms. The summed E-state index contributed by atoms with van der Waals surface area (Å²) in [6.45, 7) is 13.8. The summed E-state index contributed by atoms with van der Waals surface area (Å²) < 4.78 is 11.7. The zero-order valence-electron chi connectivity index (χ0n) is 22.7. The fraction of sp³-hybridized carbons (Fsp3) is 0.533. The van der Waals surface area contributed by atoms with Crippen LogP contribution in [0.15, 0.2) is 36.4 Å². The molecule has 1 aliphatic carbocycles. The van der Waals surface area contributed by atoms with Gasteiger partial charge in [0.05, 0.1) is 19.8 Å². The molecule has 0 aromatic heterocycles. The average molecular weight is 508 g/mol. The number of benzene rings is 2. The van der Waals surface area contributed by atoms with E-state index < -0.39 is 0 Å². The van der Waals surface area contributed by atoms with Crippen LogP contribution in [0.1, 0.15) is 66.3 Å². The molecular weight excluding hydrogens is 466 g/mol. The Morgan fingerprint density at radius 3 is 2.41 bits per heavy atom. The highest BCUT2D eigenvalue weighted by molar-refractivity contribution is 5.97. The van der Waals surface area contributed by atoms with Gasteiger partial charge >= 0.3 is 0 Å². The van der Waals surface area contributed by atoms with Gasteiger partial charge in [0.15, 0.2) is 0 Å². The molecule has 1 heterocycles. The average Bonchev–Trinajstić information content (AvgIpc) is 3.69. The van der Waals surface area contributed by atoms with Crippen molar-refractivity contribution in [1.29, 1.82) is 0 Å². The molecule has 1 saturated heterocycles. The Morgan fingerprint density at radius 2 is 1.70 bits per heavy atom. The SMILES string of the molecule is Cc1ccc(C(=O)NC2CC2)cc1-c1ccc(C(=O)NCC(C)(C)C)cc1OCCCN1CCOCC1. The summed E-state index contributed by atoms with van der Waals surface area (Å²) in [4.78, 5) is 28.0. The molecule has 37 heavy (non-hydrogen) atoms. The van der Waals surface area contributed by atoms with E-state index in [2.05, 4.69) is 36.3 Å². The van der Waals surface area contributed by atoms with Gasteiger partial charge in [-0.2, -0.15) is 0 Å². The van der Waals surface area contributed by atoms with Crippen LogP contribution in [0.4, 0.5) is 0 Å². The second-order valence-corrected chi connectivity index (χ2v) is 11.4. The molecule has 2 fully saturated rings. The third-order valence-electron chi connectivity index (χ3n) is 6.71. The highest BCUT2D eigenvalue weighted by Gasteiger charge is 2.24. The first-order valence-electron chi connectivity index (χ1n) is 13.5. The summed E-state index contributed by atoms with van der Waals surface area (Å²) in [7, 11) is 0. The van der Waals surface area contributed by atoms with Crippen LogP contribution in [0.3, 0.4) is 0 Å². The fourth-order valence-electron chi connectivity index (χ4n) is 4.30. The van der Waals surface area contributed by atoms with Gasteiger partial charge in [-0.25, -0.2) is 0 Å². The number of hydrogen-bond acceptors (Lipinski definition) is 5. The summed E-state index contributed by atoms with van der Waals surface area (Å²) in [5.41, 5.74) is 4.07. The maximum absolute atomic E-state index is 12.9. The molecule has 7 heteroatoms. The van der Waals surface area contributed by atoms with Gasteiger partial charge < -0.3 is 20.1 Å². The predicted molar refractivity (Wildman–Crippen MR) is 146 cm³/mol. The molecule has 2 amide bonds. The van der Waals surface area contributed by atoms with Crippen molar-refractivity contribution in [2.24, 2.45) is 5.41 Å². The minimum absolute atomic E-state index is 0.00693. The van der Waals surface area contributed by atoms with E-state index in [1.54, 1.807) is 0 Å². The van der Waals surface area contributed by atoms with Gasteiger partial charge in [-0.3, -0.25) is 14.5 Å². The van der Waals surface area contributed by atoms with Gasteiger partial charge in [-0.15, -0.1) is 0 Å². The van der Waals surface area contributed by atoms with E-state index in [0.29, 0.717) is 36.1 Å². The fourth-order valence-corrected chi connectivity index (χ4v) is 4.30. The Morgan fingerprint density at radius 1 is 1.00 bits per heavy atom. The lowest BCUT2D eigenvalue weighted by molar-refractivity contribution is 0.0358. The summed E-state index contributed by atoms with van der Waals surface area (Å²) in [6, 6.07) is 11.7. The number of rotatable bonds is 10. The lowest BCUT2D eigenvalue weighted by Crippen LogP contribution is -2.37. The van der Waals surface area contributed by atoms with Gasteiger partial charge in [0.1, 0.15) is 5.75 Å². The molecule has 200 valence electrons. The van der Waals surface area contributed by atoms with Crippen LogP contribution in [0.25, 0.3) is 11.1 Å². The molecule has 0 bridgehead atoms. The van der Waals surface area contributed by atoms with Crippen LogP contribution < -0.4 is 15.4 Å². The summed E-state index contributed by atoms with van der Waals surface area (Å²) >= 11 is 0. The van der Waals surface area contributed by atoms with Gasteiger partial charge in [0.25, 0.3) is 11.8 Å². The van der Waals surface area contributed by atoms with Crippen LogP contribution >= 0.6 is 0 Å². The van der Waals surface area contributed by atoms with Crippen LogP contribution in [0.5, 0.6) is 5.75 Å². The molecule has 7 nitrogen and oxygen atoms in total. The van der Waals surface area contributed by atoms with Crippen LogP contribution in [0.2, 0.25) is 0 Å². The largest absolute Gasteiger partial charge is 0.493 e. The van der Waals surface area contributed by atoms with Gasteiger partial charge in [0.2, 0.25) is 0 Å². The number of ether oxygens (including phenoxy) is 2. The second-order valence-electron chi connectivity index (χ2n) is 11.4. The zero-order chi connectivity index (χ0) is 26.4. The standard InChI is InChI=1S/C30H41N3O4/c1-21-6-7-22(29(35)32-24-9-10-24)18-26(21)25-11-8-23(28(34)31-20-30(2,3)4)19-27(25)37-15-5-12-33-13-16-36-17-14-33/h6-8,11,18-19,24H,5,9-10,12-17,20H2,1-4H3,(H,31,34)(H,32,35). The molecule has 0 unspecified atom stereocenters. The van der Waals surface area contributed by atoms with Crippen molar-refractivity contribution in [2.45, 2.75) is 53.0 Å². The number of hydrogen-bond donors (Lipinski definition) is 2. The number of carbonyl (C=O) groups is 2. The Bertz CT molecular complexity index is 1100. The number of nitrogens with zero attached hydrogens (tertiary/aromatic N) is 1. The van der Waals surface area contributed by atoms with E-state index in [1.807, 2.05) is 43.3 Å². The topological polar surface area (TPSA) is 79.9 Å². The van der Waals surface area contributed by atoms with Crippen molar-refractivity contribution >= 4 is 11.8 Å². The van der Waals surface area contributed by atoms with Gasteiger partial charge in [0, 0.05) is 48.9 Å². The van der Waals surface area contributed by atoms with E-state index in [0.717, 1.165) is 68.8 Å². The molecule has 2 aromatic rings. The lowest BCUT2D eigenvalue weighted by atomic mass is 9.95. The van der Waals surface area contributed by atoms with Crippen molar-refractivity contribution in [1.82, 2.24) is 15.5 Å². The molecule has 1 aliphatic heterocycles. The third kappa shape index (κ3) is 8.04. The highest BCUT2D eigenvalue weighted by atomic mass is 16.5. The molecule has 2 aromatic carbocycles. The van der Waals surface area contributed by atoms with Crippen LogP contribution in [-0.2, 0) is 4.74 Å². The quantitative estimate of drug-likeness (QED) is 0.465. The van der Waals surface area contributed by atoms with Gasteiger partial charge in [-0.1, -0.05) is 26.8 Å². The van der Waals surface area contributed by atoms with E-state index in [1.165, 1.54) is 0 Å². The lowest BCUT2D eigenvalue weighted by Gasteiger charge is -2.26. The van der Waals surface area contributed by atoms with E-state index in [4.69, 9.17) is 9.47 Å². The Labute approximate surface area is 220 Å². The maximum Gasteiger partial charge on any atom is 0.251 e. The van der Waals surface area contributed by atoms with E-state index >= 15 is 0 Å². The number of morpholine rings is 1. The van der Waals surface area contributed by atoms with E-state index in [9.17, 15) is 9.59 Å². The Kier molecular flexibility index (Phi) is 8.87. The Hall–Kier alpha value is -2.90. The number of amides is 2. The molecule has 2 N–H and O–H groups in total. The van der Waals surface area contributed by atoms with Crippen molar-refractivity contribution in [2.75, 3.05) is 46.0 Å². The highest BCUT2D eigenvalue weighted by Crippen LogP contribution is 2.34. The molecule has 1 saturated carbocycles. The van der Waals surface area contributed by atoms with E-state index in [-0.39, 0.29) is 17.2 Å². The van der Waals surface area contributed by atoms with Gasteiger partial charge in [-0.05, 0) is 73.1 Å². The first kappa shape index (κ1) is 27.1. The minimum atomic E-state index is -0.117. The monoisotopic (exact) mass is 507 g/mol. The number of aryl methyl sites for hydroxylation is 1. The third-order valence-corrected chi connectivity index (χ3v) is 6.71. The molecule has 2 aliphatic rings. The minimum Gasteiger partial charge on any atom is -0.493 e.